The molecule has 2 aromatic carbocycles. The first-order valence-corrected chi connectivity index (χ1v) is 8.75. The van der Waals surface area contributed by atoms with E-state index in [0.717, 1.165) is 23.2 Å². The summed E-state index contributed by atoms with van der Waals surface area (Å²) in [5.74, 6) is 0.0666. The molecular weight excluding hydrogens is 371 g/mol. The molecule has 0 N–H and O–H groups in total. The van der Waals surface area contributed by atoms with Gasteiger partial charge in [-0.25, -0.2) is 9.97 Å². The third kappa shape index (κ3) is 3.76. The summed E-state index contributed by atoms with van der Waals surface area (Å²) in [6, 6.07) is 11.7. The van der Waals surface area contributed by atoms with Gasteiger partial charge in [-0.15, -0.1) is 0 Å². The van der Waals surface area contributed by atoms with E-state index in [9.17, 15) is 18.0 Å². The fourth-order valence-electron chi connectivity index (χ4n) is 3.16. The van der Waals surface area contributed by atoms with E-state index in [1.54, 1.807) is 11.1 Å². The largest absolute Gasteiger partial charge is 0.471 e. The van der Waals surface area contributed by atoms with Crippen LogP contribution in [0.25, 0.3) is 11.0 Å². The molecular formula is C20H16F3N3O2. The van der Waals surface area contributed by atoms with Gasteiger partial charge in [0.25, 0.3) is 5.91 Å². The van der Waals surface area contributed by atoms with Gasteiger partial charge in [0.2, 0.25) is 5.88 Å². The molecule has 1 saturated heterocycles. The van der Waals surface area contributed by atoms with E-state index in [4.69, 9.17) is 4.74 Å². The Morgan fingerprint density at radius 2 is 1.79 bits per heavy atom. The van der Waals surface area contributed by atoms with E-state index in [0.29, 0.717) is 25.4 Å². The predicted octanol–water partition coefficient (Wildman–Crippen LogP) is 3.94. The number of rotatable bonds is 3. The van der Waals surface area contributed by atoms with Crippen molar-refractivity contribution in [1.82, 2.24) is 14.9 Å². The Morgan fingerprint density at radius 1 is 1.07 bits per heavy atom. The number of carbonyl (C=O) groups excluding carboxylic acids is 1. The van der Waals surface area contributed by atoms with Crippen molar-refractivity contribution in [1.29, 1.82) is 0 Å². The molecule has 0 aliphatic carbocycles. The summed E-state index contributed by atoms with van der Waals surface area (Å²) in [6.07, 6.45) is -2.51. The van der Waals surface area contributed by atoms with E-state index in [2.05, 4.69) is 9.97 Å². The monoisotopic (exact) mass is 387 g/mol. The number of ether oxygens (including phenoxy) is 1. The van der Waals surface area contributed by atoms with Crippen LogP contribution < -0.4 is 4.74 Å². The summed E-state index contributed by atoms with van der Waals surface area (Å²) in [6.45, 7) is 0.805. The summed E-state index contributed by atoms with van der Waals surface area (Å²) in [5, 5.41) is 0. The Balaban J connectivity index is 1.41. The second-order valence-corrected chi connectivity index (χ2v) is 6.55. The van der Waals surface area contributed by atoms with Crippen LogP contribution in [0.1, 0.15) is 22.3 Å². The van der Waals surface area contributed by atoms with Crippen molar-refractivity contribution in [2.24, 2.45) is 0 Å². The molecule has 0 saturated carbocycles. The molecule has 0 spiro atoms. The van der Waals surface area contributed by atoms with Gasteiger partial charge in [0.05, 0.1) is 29.3 Å². The maximum Gasteiger partial charge on any atom is 0.416 e. The molecule has 0 radical (unpaired) electrons. The minimum atomic E-state index is -4.42. The number of carbonyl (C=O) groups is 1. The Labute approximate surface area is 158 Å². The zero-order valence-electron chi connectivity index (χ0n) is 14.7. The smallest absolute Gasteiger partial charge is 0.416 e. The average molecular weight is 387 g/mol. The van der Waals surface area contributed by atoms with Crippen molar-refractivity contribution >= 4 is 16.9 Å². The van der Waals surface area contributed by atoms with Gasteiger partial charge in [-0.1, -0.05) is 12.1 Å². The van der Waals surface area contributed by atoms with E-state index >= 15 is 0 Å². The Morgan fingerprint density at radius 3 is 2.50 bits per heavy atom. The molecule has 8 heteroatoms. The minimum Gasteiger partial charge on any atom is -0.471 e. The lowest BCUT2D eigenvalue weighted by atomic mass is 10.1. The number of hydrogen-bond donors (Lipinski definition) is 0. The van der Waals surface area contributed by atoms with Gasteiger partial charge in [0, 0.05) is 18.5 Å². The molecule has 1 aliphatic rings. The lowest BCUT2D eigenvalue weighted by molar-refractivity contribution is -0.137. The lowest BCUT2D eigenvalue weighted by Crippen LogP contribution is -2.31. The highest BCUT2D eigenvalue weighted by molar-refractivity contribution is 5.94. The number of amides is 1. The van der Waals surface area contributed by atoms with Crippen molar-refractivity contribution in [3.8, 4) is 5.88 Å². The number of likely N-dealkylation sites (tertiary alicyclic amines) is 1. The van der Waals surface area contributed by atoms with Crippen LogP contribution in [0.4, 0.5) is 13.2 Å². The highest BCUT2D eigenvalue weighted by atomic mass is 19.4. The quantitative estimate of drug-likeness (QED) is 0.683. The number of alkyl halides is 3. The molecule has 2 heterocycles. The SMILES string of the molecule is O=C(c1ccc(C(F)(F)F)cc1)N1CCC(Oc2cnc3ccccc3n2)C1. The highest BCUT2D eigenvalue weighted by Gasteiger charge is 2.32. The van der Waals surface area contributed by atoms with Crippen LogP contribution in [0.2, 0.25) is 0 Å². The van der Waals surface area contributed by atoms with Crippen molar-refractivity contribution in [2.45, 2.75) is 18.7 Å². The summed E-state index contributed by atoms with van der Waals surface area (Å²) in [7, 11) is 0. The van der Waals surface area contributed by atoms with Crippen molar-refractivity contribution in [3.05, 3.63) is 65.9 Å². The average Bonchev–Trinajstić information content (AvgIpc) is 3.15. The maximum atomic E-state index is 12.7. The van der Waals surface area contributed by atoms with E-state index in [1.807, 2.05) is 24.3 Å². The molecule has 1 unspecified atom stereocenters. The van der Waals surface area contributed by atoms with E-state index < -0.39 is 11.7 Å². The van der Waals surface area contributed by atoms with Gasteiger partial charge in [-0.05, 0) is 36.4 Å². The molecule has 144 valence electrons. The molecule has 28 heavy (non-hydrogen) atoms. The maximum absolute atomic E-state index is 12.7. The van der Waals surface area contributed by atoms with Crippen LogP contribution in [0.15, 0.2) is 54.7 Å². The van der Waals surface area contributed by atoms with E-state index in [1.165, 1.54) is 12.1 Å². The first-order valence-electron chi connectivity index (χ1n) is 8.75. The van der Waals surface area contributed by atoms with Crippen LogP contribution in [0.3, 0.4) is 0 Å². The van der Waals surface area contributed by atoms with Crippen LogP contribution in [0.5, 0.6) is 5.88 Å². The third-order valence-electron chi connectivity index (χ3n) is 4.61. The van der Waals surface area contributed by atoms with Crippen LogP contribution >= 0.6 is 0 Å². The van der Waals surface area contributed by atoms with Gasteiger partial charge in [0.1, 0.15) is 6.10 Å². The first kappa shape index (κ1) is 18.2. The second-order valence-electron chi connectivity index (χ2n) is 6.55. The summed E-state index contributed by atoms with van der Waals surface area (Å²) < 4.78 is 43.8. The fourth-order valence-corrected chi connectivity index (χ4v) is 3.16. The number of hydrogen-bond acceptors (Lipinski definition) is 4. The Hall–Kier alpha value is -3.16. The van der Waals surface area contributed by atoms with Crippen molar-refractivity contribution < 1.29 is 22.7 Å². The van der Waals surface area contributed by atoms with Gasteiger partial charge < -0.3 is 9.64 Å². The number of nitrogens with zero attached hydrogens (tertiary/aromatic N) is 3. The molecule has 0 bridgehead atoms. The molecule has 1 amide bonds. The van der Waals surface area contributed by atoms with Crippen LogP contribution in [-0.4, -0.2) is 40.0 Å². The Bertz CT molecular complexity index is 1010. The Kier molecular flexibility index (Phi) is 4.62. The highest BCUT2D eigenvalue weighted by Crippen LogP contribution is 2.29. The number of aromatic nitrogens is 2. The lowest BCUT2D eigenvalue weighted by Gasteiger charge is -2.17. The topological polar surface area (TPSA) is 55.3 Å². The van der Waals surface area contributed by atoms with Gasteiger partial charge in [-0.3, -0.25) is 4.79 Å². The van der Waals surface area contributed by atoms with Gasteiger partial charge >= 0.3 is 6.18 Å². The fraction of sp³-hybridized carbons (Fsp3) is 0.250. The molecule has 1 atom stereocenters. The number of benzene rings is 2. The summed E-state index contributed by atoms with van der Waals surface area (Å²) >= 11 is 0. The minimum absolute atomic E-state index is 0.221. The summed E-state index contributed by atoms with van der Waals surface area (Å²) in [4.78, 5) is 22.8. The number of halogens is 3. The van der Waals surface area contributed by atoms with Crippen LogP contribution in [-0.2, 0) is 6.18 Å². The van der Waals surface area contributed by atoms with Crippen LogP contribution in [0, 0.1) is 0 Å². The zero-order valence-corrected chi connectivity index (χ0v) is 14.7. The second kappa shape index (κ2) is 7.10. The van der Waals surface area contributed by atoms with Gasteiger partial charge in [-0.2, -0.15) is 13.2 Å². The number of para-hydroxylation sites is 2. The van der Waals surface area contributed by atoms with Gasteiger partial charge in [0.15, 0.2) is 0 Å². The molecule has 4 rings (SSSR count). The third-order valence-corrected chi connectivity index (χ3v) is 4.61. The van der Waals surface area contributed by atoms with Crippen molar-refractivity contribution in [2.75, 3.05) is 13.1 Å². The predicted molar refractivity (Wildman–Crippen MR) is 95.9 cm³/mol. The standard InChI is InChI=1S/C20H16F3N3O2/c21-20(22,23)14-7-5-13(6-8-14)19(27)26-10-9-15(12-26)28-18-11-24-16-3-1-2-4-17(16)25-18/h1-8,11,15H,9-10,12H2. The zero-order chi connectivity index (χ0) is 19.7. The molecule has 3 aromatic rings. The summed E-state index contributed by atoms with van der Waals surface area (Å²) in [5.41, 5.74) is 0.928. The molecule has 1 aliphatic heterocycles. The first-order chi connectivity index (χ1) is 13.4. The molecule has 1 aromatic heterocycles. The number of fused-ring (bicyclic) bond motifs is 1. The van der Waals surface area contributed by atoms with Crippen molar-refractivity contribution in [3.63, 3.8) is 0 Å². The normalized spacial score (nSPS) is 17.1. The molecule has 5 nitrogen and oxygen atoms in total. The van der Waals surface area contributed by atoms with E-state index in [-0.39, 0.29) is 17.6 Å². The molecule has 1 fully saturated rings.